The van der Waals surface area contributed by atoms with Gasteiger partial charge < -0.3 is 5.73 Å². The Morgan fingerprint density at radius 1 is 1.25 bits per heavy atom. The molecule has 0 atom stereocenters. The number of rotatable bonds is 0. The van der Waals surface area contributed by atoms with Crippen LogP contribution in [0.15, 0.2) is 6.07 Å². The molecule has 0 spiro atoms. The Labute approximate surface area is 84.4 Å². The van der Waals surface area contributed by atoms with E-state index >= 15 is 0 Å². The summed E-state index contributed by atoms with van der Waals surface area (Å²) < 4.78 is 0. The summed E-state index contributed by atoms with van der Waals surface area (Å²) in [6.45, 7) is 0. The van der Waals surface area contributed by atoms with Gasteiger partial charge in [0.05, 0.1) is 26.3 Å². The van der Waals surface area contributed by atoms with Gasteiger partial charge in [-0.25, -0.2) is 0 Å². The highest BCUT2D eigenvalue weighted by Crippen LogP contribution is 2.34. The molecule has 2 N–H and O–H groups in total. The molecule has 0 aliphatic carbocycles. The molecule has 0 fully saturated rings. The van der Waals surface area contributed by atoms with Crippen LogP contribution in [0.5, 0.6) is 0 Å². The standard InChI is InChI=1S/C7H3Cl3N2/c8-4-1-5(9)7(12)3(2-11)6(4)10/h1H,12H2. The third-order valence-electron chi connectivity index (χ3n) is 1.32. The van der Waals surface area contributed by atoms with Crippen LogP contribution in [0.4, 0.5) is 5.69 Å². The van der Waals surface area contributed by atoms with E-state index in [9.17, 15) is 0 Å². The molecule has 0 bridgehead atoms. The van der Waals surface area contributed by atoms with E-state index in [0.29, 0.717) is 0 Å². The quantitative estimate of drug-likeness (QED) is 0.540. The third-order valence-corrected chi connectivity index (χ3v) is 2.42. The lowest BCUT2D eigenvalue weighted by molar-refractivity contribution is 1.48. The second kappa shape index (κ2) is 3.40. The van der Waals surface area contributed by atoms with E-state index in [0.717, 1.165) is 0 Å². The summed E-state index contributed by atoms with van der Waals surface area (Å²) in [6.07, 6.45) is 0. The van der Waals surface area contributed by atoms with E-state index in [1.54, 1.807) is 0 Å². The molecule has 0 saturated carbocycles. The fourth-order valence-corrected chi connectivity index (χ4v) is 1.38. The van der Waals surface area contributed by atoms with Gasteiger partial charge in [0.2, 0.25) is 0 Å². The second-order valence-corrected chi connectivity index (χ2v) is 3.25. The highest BCUT2D eigenvalue weighted by Gasteiger charge is 2.11. The van der Waals surface area contributed by atoms with E-state index in [1.807, 2.05) is 6.07 Å². The predicted molar refractivity (Wildman–Crippen MR) is 50.6 cm³/mol. The number of hydrogen-bond donors (Lipinski definition) is 1. The average molecular weight is 221 g/mol. The monoisotopic (exact) mass is 220 g/mol. The van der Waals surface area contributed by atoms with Crippen molar-refractivity contribution in [1.29, 1.82) is 5.26 Å². The maximum atomic E-state index is 8.62. The van der Waals surface area contributed by atoms with Crippen molar-refractivity contribution in [3.8, 4) is 6.07 Å². The number of hydrogen-bond acceptors (Lipinski definition) is 2. The normalized spacial score (nSPS) is 9.50. The number of nitriles is 1. The fraction of sp³-hybridized carbons (Fsp3) is 0. The first-order chi connectivity index (χ1) is 5.57. The van der Waals surface area contributed by atoms with Crippen molar-refractivity contribution >= 4 is 40.5 Å². The van der Waals surface area contributed by atoms with Crippen LogP contribution >= 0.6 is 34.8 Å². The van der Waals surface area contributed by atoms with E-state index < -0.39 is 0 Å². The Morgan fingerprint density at radius 2 is 1.83 bits per heavy atom. The molecule has 0 aromatic heterocycles. The van der Waals surface area contributed by atoms with Crippen LogP contribution in [0, 0.1) is 11.3 Å². The van der Waals surface area contributed by atoms with Crippen LogP contribution in [-0.4, -0.2) is 0 Å². The van der Waals surface area contributed by atoms with Gasteiger partial charge in [-0.15, -0.1) is 0 Å². The summed E-state index contributed by atoms with van der Waals surface area (Å²) in [5, 5.41) is 9.22. The zero-order chi connectivity index (χ0) is 9.30. The van der Waals surface area contributed by atoms with Gasteiger partial charge in [0, 0.05) is 0 Å². The van der Waals surface area contributed by atoms with Crippen molar-refractivity contribution in [3.63, 3.8) is 0 Å². The minimum atomic E-state index is 0.120. The molecule has 62 valence electrons. The molecule has 0 heterocycles. The molecule has 2 nitrogen and oxygen atoms in total. The smallest absolute Gasteiger partial charge is 0.103 e. The molecule has 0 amide bonds. The third kappa shape index (κ3) is 1.44. The fourth-order valence-electron chi connectivity index (χ4n) is 0.719. The van der Waals surface area contributed by atoms with Crippen molar-refractivity contribution in [2.24, 2.45) is 0 Å². The number of nitrogens with zero attached hydrogens (tertiary/aromatic N) is 1. The maximum absolute atomic E-state index is 8.62. The van der Waals surface area contributed by atoms with Gasteiger partial charge in [-0.2, -0.15) is 5.26 Å². The first-order valence-corrected chi connectivity index (χ1v) is 4.04. The Kier molecular flexibility index (Phi) is 2.69. The van der Waals surface area contributed by atoms with Crippen LogP contribution in [0.1, 0.15) is 5.56 Å². The molecule has 0 saturated heterocycles. The van der Waals surface area contributed by atoms with Crippen molar-refractivity contribution < 1.29 is 0 Å². The van der Waals surface area contributed by atoms with Crippen LogP contribution in [0.3, 0.4) is 0 Å². The zero-order valence-electron chi connectivity index (χ0n) is 5.74. The summed E-state index contributed by atoms with van der Waals surface area (Å²) in [5.74, 6) is 0. The molecule has 0 radical (unpaired) electrons. The Bertz CT molecular complexity index is 342. The largest absolute Gasteiger partial charge is 0.396 e. The number of nitrogens with two attached hydrogens (primary N) is 1. The number of nitrogen functional groups attached to an aromatic ring is 1. The van der Waals surface area contributed by atoms with Gasteiger partial charge in [0.1, 0.15) is 6.07 Å². The number of benzene rings is 1. The van der Waals surface area contributed by atoms with Gasteiger partial charge in [-0.3, -0.25) is 0 Å². The Balaban J connectivity index is 3.56. The Morgan fingerprint density at radius 3 is 2.33 bits per heavy atom. The molecule has 0 unspecified atom stereocenters. The van der Waals surface area contributed by atoms with Crippen LogP contribution in [-0.2, 0) is 0 Å². The second-order valence-electron chi connectivity index (χ2n) is 2.05. The maximum Gasteiger partial charge on any atom is 0.103 e. The summed E-state index contributed by atoms with van der Waals surface area (Å²) in [4.78, 5) is 0. The predicted octanol–water partition coefficient (Wildman–Crippen LogP) is 3.10. The van der Waals surface area contributed by atoms with Crippen molar-refractivity contribution in [2.75, 3.05) is 5.73 Å². The molecule has 12 heavy (non-hydrogen) atoms. The molecule has 0 aliphatic heterocycles. The van der Waals surface area contributed by atoms with Crippen LogP contribution < -0.4 is 5.73 Å². The summed E-state index contributed by atoms with van der Waals surface area (Å²) in [6, 6.07) is 3.22. The van der Waals surface area contributed by atoms with Gasteiger partial charge in [-0.05, 0) is 6.07 Å². The molecule has 1 rings (SSSR count). The molecule has 1 aromatic rings. The van der Waals surface area contributed by atoms with Crippen molar-refractivity contribution in [1.82, 2.24) is 0 Å². The molecular weight excluding hydrogens is 218 g/mol. The van der Waals surface area contributed by atoms with E-state index in [2.05, 4.69) is 0 Å². The van der Waals surface area contributed by atoms with Gasteiger partial charge in [0.25, 0.3) is 0 Å². The molecular formula is C7H3Cl3N2. The summed E-state index contributed by atoms with van der Waals surface area (Å²) in [7, 11) is 0. The number of halogens is 3. The lowest BCUT2D eigenvalue weighted by Crippen LogP contribution is -1.92. The number of anilines is 1. The van der Waals surface area contributed by atoms with Crippen LogP contribution in [0.2, 0.25) is 15.1 Å². The SMILES string of the molecule is N#Cc1c(N)c(Cl)cc(Cl)c1Cl. The Hall–Kier alpha value is -0.620. The summed E-state index contributed by atoms with van der Waals surface area (Å²) in [5.41, 5.74) is 5.75. The van der Waals surface area contributed by atoms with E-state index in [-0.39, 0.29) is 26.3 Å². The zero-order valence-corrected chi connectivity index (χ0v) is 8.00. The van der Waals surface area contributed by atoms with E-state index in [1.165, 1.54) is 6.07 Å². The minimum Gasteiger partial charge on any atom is -0.396 e. The van der Waals surface area contributed by atoms with Gasteiger partial charge in [-0.1, -0.05) is 34.8 Å². The van der Waals surface area contributed by atoms with Gasteiger partial charge in [0.15, 0.2) is 0 Å². The summed E-state index contributed by atoms with van der Waals surface area (Å²) >= 11 is 17.0. The lowest BCUT2D eigenvalue weighted by atomic mass is 10.2. The first-order valence-electron chi connectivity index (χ1n) is 2.91. The highest BCUT2D eigenvalue weighted by molar-refractivity contribution is 6.44. The van der Waals surface area contributed by atoms with Crippen molar-refractivity contribution in [3.05, 3.63) is 26.7 Å². The van der Waals surface area contributed by atoms with Crippen LogP contribution in [0.25, 0.3) is 0 Å². The van der Waals surface area contributed by atoms with E-state index in [4.69, 9.17) is 45.8 Å². The van der Waals surface area contributed by atoms with Crippen molar-refractivity contribution in [2.45, 2.75) is 0 Å². The molecule has 5 heteroatoms. The first kappa shape index (κ1) is 9.47. The lowest BCUT2D eigenvalue weighted by Gasteiger charge is -2.03. The minimum absolute atomic E-state index is 0.120. The molecule has 1 aromatic carbocycles. The topological polar surface area (TPSA) is 49.8 Å². The van der Waals surface area contributed by atoms with Gasteiger partial charge >= 0.3 is 0 Å². The molecule has 0 aliphatic rings. The average Bonchev–Trinajstić information content (AvgIpc) is 2.02. The highest BCUT2D eigenvalue weighted by atomic mass is 35.5.